The lowest BCUT2D eigenvalue weighted by molar-refractivity contribution is -0.117. The van der Waals surface area contributed by atoms with Crippen LogP contribution in [0.4, 0.5) is 17.2 Å². The summed E-state index contributed by atoms with van der Waals surface area (Å²) in [6.07, 6.45) is 4.53. The molecule has 0 amide bonds. The number of rotatable bonds is 2. The Bertz CT molecular complexity index is 499. The quantitative estimate of drug-likeness (QED) is 0.741. The van der Waals surface area contributed by atoms with Gasteiger partial charge in [0.2, 0.25) is 0 Å². The van der Waals surface area contributed by atoms with Crippen molar-refractivity contribution in [3.8, 4) is 0 Å². The molecule has 1 aliphatic carbocycles. The number of carbonyl (C=O) groups is 1. The third-order valence-corrected chi connectivity index (χ3v) is 2.96. The third-order valence-electron chi connectivity index (χ3n) is 2.96. The lowest BCUT2D eigenvalue weighted by Crippen LogP contribution is -2.24. The van der Waals surface area contributed by atoms with Crippen LogP contribution in [0.15, 0.2) is 24.0 Å². The van der Waals surface area contributed by atoms with Crippen LogP contribution in [0.5, 0.6) is 0 Å². The van der Waals surface area contributed by atoms with E-state index in [1.54, 1.807) is 18.3 Å². The minimum Gasteiger partial charge on any atom is -0.397 e. The van der Waals surface area contributed by atoms with Crippen molar-refractivity contribution >= 4 is 23.0 Å². The number of allylic oxidation sites excluding steroid dienone is 2. The Kier molecular flexibility index (Phi) is 2.98. The largest absolute Gasteiger partial charge is 0.397 e. The van der Waals surface area contributed by atoms with Crippen molar-refractivity contribution in [3.05, 3.63) is 24.0 Å². The summed E-state index contributed by atoms with van der Waals surface area (Å²) in [5.74, 6) is 0.460. The van der Waals surface area contributed by atoms with Crippen LogP contribution in [0.25, 0.3) is 0 Å². The van der Waals surface area contributed by atoms with Gasteiger partial charge in [0, 0.05) is 24.4 Å². The fraction of sp³-hybridized carbons (Fsp3) is 0.385. The standard InChI is InChI=1S/C13H18N4O/c1-13(2)6-8(5-9(18)7-13)17-11-10(14)3-4-16-12(11)15/h3-5,17H,6-7H2,1-2H3,(H4,14,15,16). The molecule has 5 N–H and O–H groups in total. The molecule has 5 nitrogen and oxygen atoms in total. The van der Waals surface area contributed by atoms with E-state index in [2.05, 4.69) is 24.1 Å². The number of aromatic nitrogens is 1. The lowest BCUT2D eigenvalue weighted by atomic mass is 9.79. The van der Waals surface area contributed by atoms with Crippen molar-refractivity contribution in [2.75, 3.05) is 16.8 Å². The first kappa shape index (κ1) is 12.4. The number of pyridine rings is 1. The van der Waals surface area contributed by atoms with E-state index in [-0.39, 0.29) is 11.2 Å². The molecular formula is C13H18N4O. The Morgan fingerprint density at radius 1 is 1.33 bits per heavy atom. The minimum atomic E-state index is -0.0418. The van der Waals surface area contributed by atoms with Crippen molar-refractivity contribution in [2.24, 2.45) is 5.41 Å². The summed E-state index contributed by atoms with van der Waals surface area (Å²) in [5.41, 5.74) is 13.5. The van der Waals surface area contributed by atoms with E-state index in [0.29, 0.717) is 23.6 Å². The summed E-state index contributed by atoms with van der Waals surface area (Å²) >= 11 is 0. The van der Waals surface area contributed by atoms with Crippen LogP contribution in [0.2, 0.25) is 0 Å². The van der Waals surface area contributed by atoms with Crippen LogP contribution in [-0.4, -0.2) is 10.8 Å². The Morgan fingerprint density at radius 3 is 2.67 bits per heavy atom. The second-order valence-electron chi connectivity index (χ2n) is 5.44. The van der Waals surface area contributed by atoms with Crippen molar-refractivity contribution in [1.82, 2.24) is 4.98 Å². The molecule has 1 aliphatic rings. The highest BCUT2D eigenvalue weighted by Crippen LogP contribution is 2.35. The molecule has 0 aromatic carbocycles. The summed E-state index contributed by atoms with van der Waals surface area (Å²) in [6, 6.07) is 1.68. The van der Waals surface area contributed by atoms with Crippen molar-refractivity contribution in [1.29, 1.82) is 0 Å². The van der Waals surface area contributed by atoms with E-state index >= 15 is 0 Å². The van der Waals surface area contributed by atoms with Crippen molar-refractivity contribution in [3.63, 3.8) is 0 Å². The number of nitrogens with one attached hydrogen (secondary N) is 1. The molecule has 0 spiro atoms. The van der Waals surface area contributed by atoms with Gasteiger partial charge in [0.25, 0.3) is 0 Å². The molecule has 1 aromatic rings. The molecule has 1 heterocycles. The number of nitrogens with two attached hydrogens (primary N) is 2. The van der Waals surface area contributed by atoms with Gasteiger partial charge in [-0.2, -0.15) is 0 Å². The number of ketones is 1. The van der Waals surface area contributed by atoms with Crippen molar-refractivity contribution in [2.45, 2.75) is 26.7 Å². The van der Waals surface area contributed by atoms with Crippen molar-refractivity contribution < 1.29 is 4.79 Å². The normalized spacial score (nSPS) is 18.3. The van der Waals surface area contributed by atoms with Gasteiger partial charge in [0.15, 0.2) is 5.78 Å². The van der Waals surface area contributed by atoms with Gasteiger partial charge in [-0.25, -0.2) is 4.98 Å². The van der Waals surface area contributed by atoms with E-state index in [9.17, 15) is 4.79 Å². The van der Waals surface area contributed by atoms with Crippen LogP contribution in [0, 0.1) is 5.41 Å². The van der Waals surface area contributed by atoms with Gasteiger partial charge in [-0.1, -0.05) is 13.8 Å². The molecule has 1 aromatic heterocycles. The molecule has 0 atom stereocenters. The summed E-state index contributed by atoms with van der Waals surface area (Å²) in [5, 5.41) is 3.13. The van der Waals surface area contributed by atoms with E-state index in [1.165, 1.54) is 0 Å². The predicted octanol–water partition coefficient (Wildman–Crippen LogP) is 1.93. The van der Waals surface area contributed by atoms with Gasteiger partial charge in [0.05, 0.1) is 5.69 Å². The fourth-order valence-electron chi connectivity index (χ4n) is 2.22. The molecule has 2 rings (SSSR count). The zero-order valence-electron chi connectivity index (χ0n) is 10.7. The topological polar surface area (TPSA) is 94.0 Å². The van der Waals surface area contributed by atoms with Gasteiger partial charge in [-0.15, -0.1) is 0 Å². The van der Waals surface area contributed by atoms with E-state index in [1.807, 2.05) is 0 Å². The molecule has 0 fully saturated rings. The maximum absolute atomic E-state index is 11.7. The first-order valence-corrected chi connectivity index (χ1v) is 5.88. The molecule has 96 valence electrons. The number of nitrogens with zero attached hydrogens (tertiary/aromatic N) is 1. The zero-order chi connectivity index (χ0) is 13.3. The first-order valence-electron chi connectivity index (χ1n) is 5.88. The van der Waals surface area contributed by atoms with Crippen LogP contribution in [0.3, 0.4) is 0 Å². The minimum absolute atomic E-state index is 0.0418. The summed E-state index contributed by atoms with van der Waals surface area (Å²) in [6.45, 7) is 4.13. The SMILES string of the molecule is CC1(C)CC(=O)C=C(Nc2c(N)ccnc2N)C1. The molecule has 0 saturated carbocycles. The van der Waals surface area contributed by atoms with Gasteiger partial charge < -0.3 is 16.8 Å². The van der Waals surface area contributed by atoms with Gasteiger partial charge in [-0.3, -0.25) is 4.79 Å². The average molecular weight is 246 g/mol. The first-order chi connectivity index (χ1) is 8.37. The van der Waals surface area contributed by atoms with E-state index in [4.69, 9.17) is 11.5 Å². The number of anilines is 3. The van der Waals surface area contributed by atoms with Crippen LogP contribution in [0.1, 0.15) is 26.7 Å². The van der Waals surface area contributed by atoms with Gasteiger partial charge in [0.1, 0.15) is 11.5 Å². The lowest BCUT2D eigenvalue weighted by Gasteiger charge is -2.29. The fourth-order valence-corrected chi connectivity index (χ4v) is 2.22. The predicted molar refractivity (Wildman–Crippen MR) is 72.8 cm³/mol. The van der Waals surface area contributed by atoms with E-state index < -0.39 is 0 Å². The summed E-state index contributed by atoms with van der Waals surface area (Å²) < 4.78 is 0. The van der Waals surface area contributed by atoms with Gasteiger partial charge >= 0.3 is 0 Å². The summed E-state index contributed by atoms with van der Waals surface area (Å²) in [7, 11) is 0. The Balaban J connectivity index is 2.27. The number of hydrogen-bond donors (Lipinski definition) is 3. The Hall–Kier alpha value is -2.04. The molecule has 18 heavy (non-hydrogen) atoms. The molecule has 0 radical (unpaired) electrons. The molecule has 0 bridgehead atoms. The molecule has 0 aliphatic heterocycles. The second-order valence-corrected chi connectivity index (χ2v) is 5.44. The van der Waals surface area contributed by atoms with Crippen LogP contribution < -0.4 is 16.8 Å². The maximum atomic E-state index is 11.7. The Morgan fingerprint density at radius 2 is 2.06 bits per heavy atom. The van der Waals surface area contributed by atoms with Crippen LogP contribution >= 0.6 is 0 Å². The van der Waals surface area contributed by atoms with E-state index in [0.717, 1.165) is 12.1 Å². The number of hydrogen-bond acceptors (Lipinski definition) is 5. The zero-order valence-corrected chi connectivity index (χ0v) is 10.7. The molecule has 0 saturated heterocycles. The number of nitrogen functional groups attached to an aromatic ring is 2. The number of carbonyl (C=O) groups excluding carboxylic acids is 1. The van der Waals surface area contributed by atoms with Crippen LogP contribution in [-0.2, 0) is 4.79 Å². The molecule has 0 unspecified atom stereocenters. The summed E-state index contributed by atoms with van der Waals surface area (Å²) in [4.78, 5) is 15.6. The highest BCUT2D eigenvalue weighted by molar-refractivity contribution is 5.93. The third kappa shape index (κ3) is 2.61. The maximum Gasteiger partial charge on any atom is 0.157 e. The molecule has 5 heteroatoms. The smallest absolute Gasteiger partial charge is 0.157 e. The van der Waals surface area contributed by atoms with Gasteiger partial charge in [-0.05, 0) is 17.9 Å². The highest BCUT2D eigenvalue weighted by Gasteiger charge is 2.27. The monoisotopic (exact) mass is 246 g/mol. The molecular weight excluding hydrogens is 228 g/mol. The highest BCUT2D eigenvalue weighted by atomic mass is 16.1. The second kappa shape index (κ2) is 4.33. The average Bonchev–Trinajstić information content (AvgIpc) is 2.21. The Labute approximate surface area is 106 Å².